The minimum absolute atomic E-state index is 0.0654. The molecular weight excluding hydrogens is 302 g/mol. The monoisotopic (exact) mass is 313 g/mol. The number of nitro benzene ring substituents is 1. The Morgan fingerprint density at radius 2 is 2.05 bits per heavy atom. The Bertz CT molecular complexity index is 803. The molecule has 0 aliphatic heterocycles. The highest BCUT2D eigenvalue weighted by molar-refractivity contribution is 7.16. The third-order valence-corrected chi connectivity index (χ3v) is 4.81. The SMILES string of the molecule is N#Cc1c(NC(=O)c2ccc([N+](=O)[O-])cc2)sc2c1CCC2. The van der Waals surface area contributed by atoms with Crippen molar-refractivity contribution in [1.82, 2.24) is 0 Å². The van der Waals surface area contributed by atoms with Crippen LogP contribution in [0.5, 0.6) is 0 Å². The number of carbonyl (C=O) groups excluding carboxylic acids is 1. The van der Waals surface area contributed by atoms with Crippen molar-refractivity contribution < 1.29 is 9.72 Å². The number of nitrogens with one attached hydrogen (secondary N) is 1. The van der Waals surface area contributed by atoms with E-state index in [-0.39, 0.29) is 11.6 Å². The Hall–Kier alpha value is -2.72. The molecule has 1 N–H and O–H groups in total. The predicted molar refractivity (Wildman–Crippen MR) is 82.1 cm³/mol. The number of thiophene rings is 1. The number of hydrogen-bond acceptors (Lipinski definition) is 5. The van der Waals surface area contributed by atoms with E-state index in [2.05, 4.69) is 11.4 Å². The molecule has 6 nitrogen and oxygen atoms in total. The third kappa shape index (κ3) is 2.44. The molecule has 1 heterocycles. The number of aryl methyl sites for hydroxylation is 1. The number of nitrogens with zero attached hydrogens (tertiary/aromatic N) is 2. The minimum Gasteiger partial charge on any atom is -0.312 e. The highest BCUT2D eigenvalue weighted by Gasteiger charge is 2.23. The molecule has 1 amide bonds. The van der Waals surface area contributed by atoms with Gasteiger partial charge in [0, 0.05) is 22.6 Å². The number of nitriles is 1. The maximum atomic E-state index is 12.2. The Balaban J connectivity index is 1.83. The van der Waals surface area contributed by atoms with Gasteiger partial charge in [-0.3, -0.25) is 14.9 Å². The third-order valence-electron chi connectivity index (χ3n) is 3.60. The van der Waals surface area contributed by atoms with Crippen LogP contribution < -0.4 is 5.32 Å². The van der Waals surface area contributed by atoms with Gasteiger partial charge in [-0.25, -0.2) is 0 Å². The van der Waals surface area contributed by atoms with Crippen LogP contribution in [0.4, 0.5) is 10.7 Å². The molecule has 1 aromatic heterocycles. The largest absolute Gasteiger partial charge is 0.312 e. The lowest BCUT2D eigenvalue weighted by Crippen LogP contribution is -2.11. The lowest BCUT2D eigenvalue weighted by molar-refractivity contribution is -0.384. The van der Waals surface area contributed by atoms with Gasteiger partial charge in [-0.05, 0) is 37.0 Å². The molecular formula is C15H11N3O3S. The van der Waals surface area contributed by atoms with Crippen molar-refractivity contribution in [3.8, 4) is 6.07 Å². The summed E-state index contributed by atoms with van der Waals surface area (Å²) < 4.78 is 0. The van der Waals surface area contributed by atoms with Crippen molar-refractivity contribution >= 4 is 27.9 Å². The van der Waals surface area contributed by atoms with E-state index < -0.39 is 4.92 Å². The van der Waals surface area contributed by atoms with Crippen LogP contribution in [0.2, 0.25) is 0 Å². The maximum Gasteiger partial charge on any atom is 0.269 e. The summed E-state index contributed by atoms with van der Waals surface area (Å²) in [7, 11) is 0. The van der Waals surface area contributed by atoms with Crippen LogP contribution in [0.3, 0.4) is 0 Å². The lowest BCUT2D eigenvalue weighted by Gasteiger charge is -2.04. The van der Waals surface area contributed by atoms with E-state index in [0.717, 1.165) is 29.7 Å². The van der Waals surface area contributed by atoms with E-state index in [1.807, 2.05) is 0 Å². The summed E-state index contributed by atoms with van der Waals surface area (Å²) in [5.74, 6) is -0.369. The zero-order chi connectivity index (χ0) is 15.7. The van der Waals surface area contributed by atoms with E-state index in [1.54, 1.807) is 0 Å². The number of benzene rings is 1. The van der Waals surface area contributed by atoms with Gasteiger partial charge in [-0.15, -0.1) is 11.3 Å². The second-order valence-corrected chi connectivity index (χ2v) is 6.04. The molecule has 3 rings (SSSR count). The molecule has 0 saturated heterocycles. The van der Waals surface area contributed by atoms with Gasteiger partial charge in [-0.2, -0.15) is 5.26 Å². The highest BCUT2D eigenvalue weighted by Crippen LogP contribution is 2.38. The van der Waals surface area contributed by atoms with Gasteiger partial charge < -0.3 is 5.32 Å². The summed E-state index contributed by atoms with van der Waals surface area (Å²) in [6.07, 6.45) is 2.87. The van der Waals surface area contributed by atoms with Gasteiger partial charge >= 0.3 is 0 Å². The highest BCUT2D eigenvalue weighted by atomic mass is 32.1. The van der Waals surface area contributed by atoms with E-state index in [9.17, 15) is 20.2 Å². The molecule has 7 heteroatoms. The lowest BCUT2D eigenvalue weighted by atomic mass is 10.1. The van der Waals surface area contributed by atoms with Crippen LogP contribution >= 0.6 is 11.3 Å². The number of fused-ring (bicyclic) bond motifs is 1. The molecule has 0 spiro atoms. The number of amides is 1. The van der Waals surface area contributed by atoms with Gasteiger partial charge in [0.05, 0.1) is 10.5 Å². The quantitative estimate of drug-likeness (QED) is 0.694. The van der Waals surface area contributed by atoms with Crippen molar-refractivity contribution in [1.29, 1.82) is 5.26 Å². The summed E-state index contributed by atoms with van der Waals surface area (Å²) in [5, 5.41) is 23.2. The second kappa shape index (κ2) is 5.58. The van der Waals surface area contributed by atoms with Gasteiger partial charge in [0.2, 0.25) is 0 Å². The average molecular weight is 313 g/mol. The molecule has 0 bridgehead atoms. The Morgan fingerprint density at radius 1 is 1.32 bits per heavy atom. The van der Waals surface area contributed by atoms with Crippen LogP contribution in [-0.2, 0) is 12.8 Å². The van der Waals surface area contributed by atoms with Crippen LogP contribution in [0.1, 0.15) is 32.8 Å². The number of rotatable bonds is 3. The van der Waals surface area contributed by atoms with Crippen molar-refractivity contribution in [2.24, 2.45) is 0 Å². The fourth-order valence-corrected chi connectivity index (χ4v) is 3.76. The molecule has 1 aliphatic carbocycles. The van der Waals surface area contributed by atoms with E-state index in [4.69, 9.17) is 0 Å². The van der Waals surface area contributed by atoms with Gasteiger partial charge in [0.1, 0.15) is 11.1 Å². The molecule has 0 saturated carbocycles. The van der Waals surface area contributed by atoms with Crippen LogP contribution in [-0.4, -0.2) is 10.8 Å². The predicted octanol–water partition coefficient (Wildman–Crippen LogP) is 3.27. The summed E-state index contributed by atoms with van der Waals surface area (Å²) >= 11 is 1.44. The Kier molecular flexibility index (Phi) is 3.61. The Morgan fingerprint density at radius 3 is 2.68 bits per heavy atom. The molecule has 22 heavy (non-hydrogen) atoms. The van der Waals surface area contributed by atoms with Crippen molar-refractivity contribution in [2.75, 3.05) is 5.32 Å². The maximum absolute atomic E-state index is 12.2. The van der Waals surface area contributed by atoms with Crippen molar-refractivity contribution in [3.05, 3.63) is 55.9 Å². The normalized spacial score (nSPS) is 12.5. The summed E-state index contributed by atoms with van der Waals surface area (Å²) in [5.41, 5.74) is 1.85. The molecule has 110 valence electrons. The second-order valence-electron chi connectivity index (χ2n) is 4.93. The molecule has 0 atom stereocenters. The average Bonchev–Trinajstić information content (AvgIpc) is 3.07. The number of carbonyl (C=O) groups is 1. The van der Waals surface area contributed by atoms with Gasteiger partial charge in [0.25, 0.3) is 11.6 Å². The molecule has 0 unspecified atom stereocenters. The smallest absolute Gasteiger partial charge is 0.269 e. The fraction of sp³-hybridized carbons (Fsp3) is 0.200. The summed E-state index contributed by atoms with van der Waals surface area (Å²) in [4.78, 5) is 23.5. The van der Waals surface area contributed by atoms with E-state index in [1.165, 1.54) is 35.6 Å². The topological polar surface area (TPSA) is 96.0 Å². The first-order valence-corrected chi connectivity index (χ1v) is 7.52. The van der Waals surface area contributed by atoms with E-state index in [0.29, 0.717) is 16.1 Å². The number of nitro groups is 1. The molecule has 1 aromatic carbocycles. The summed E-state index contributed by atoms with van der Waals surface area (Å²) in [6, 6.07) is 7.54. The van der Waals surface area contributed by atoms with Crippen LogP contribution in [0, 0.1) is 21.4 Å². The van der Waals surface area contributed by atoms with Crippen molar-refractivity contribution in [2.45, 2.75) is 19.3 Å². The molecule has 0 fully saturated rings. The van der Waals surface area contributed by atoms with Gasteiger partial charge in [-0.1, -0.05) is 0 Å². The van der Waals surface area contributed by atoms with Gasteiger partial charge in [0.15, 0.2) is 0 Å². The number of anilines is 1. The fourth-order valence-electron chi connectivity index (χ4n) is 2.52. The standard InChI is InChI=1S/C15H11N3O3S/c16-8-12-11-2-1-3-13(11)22-15(12)17-14(19)9-4-6-10(7-5-9)18(20)21/h4-7H,1-3H2,(H,17,19). The minimum atomic E-state index is -0.515. The van der Waals surface area contributed by atoms with Crippen molar-refractivity contribution in [3.63, 3.8) is 0 Å². The van der Waals surface area contributed by atoms with Crippen LogP contribution in [0.25, 0.3) is 0 Å². The van der Waals surface area contributed by atoms with E-state index >= 15 is 0 Å². The Labute approximate surface area is 130 Å². The first-order valence-electron chi connectivity index (χ1n) is 6.70. The zero-order valence-electron chi connectivity index (χ0n) is 11.5. The number of non-ortho nitro benzene ring substituents is 1. The summed E-state index contributed by atoms with van der Waals surface area (Å²) in [6.45, 7) is 0. The van der Waals surface area contributed by atoms with Crippen LogP contribution in [0.15, 0.2) is 24.3 Å². The first-order chi connectivity index (χ1) is 10.6. The number of hydrogen-bond donors (Lipinski definition) is 1. The first kappa shape index (κ1) is 14.2. The molecule has 2 aromatic rings. The zero-order valence-corrected chi connectivity index (χ0v) is 12.3. The molecule has 1 aliphatic rings. The molecule has 0 radical (unpaired) electrons.